The zero-order valence-electron chi connectivity index (χ0n) is 12.8. The molecule has 0 radical (unpaired) electrons. The van der Waals surface area contributed by atoms with Crippen LogP contribution in [0.25, 0.3) is 0 Å². The lowest BCUT2D eigenvalue weighted by atomic mass is 10.00. The first-order chi connectivity index (χ1) is 11.1. The van der Waals surface area contributed by atoms with E-state index in [-0.39, 0.29) is 13.2 Å². The van der Waals surface area contributed by atoms with Crippen molar-refractivity contribution in [2.45, 2.75) is 25.4 Å². The molecule has 0 saturated heterocycles. The van der Waals surface area contributed by atoms with E-state index < -0.39 is 17.9 Å². The molecule has 0 aliphatic carbocycles. The van der Waals surface area contributed by atoms with E-state index in [2.05, 4.69) is 10.1 Å². The minimum atomic E-state index is -3.66. The minimum absolute atomic E-state index is 0.0887. The van der Waals surface area contributed by atoms with Gasteiger partial charge in [-0.15, -0.1) is 0 Å². The van der Waals surface area contributed by atoms with Crippen LogP contribution in [0.15, 0.2) is 60.7 Å². The van der Waals surface area contributed by atoms with Gasteiger partial charge in [-0.25, -0.2) is 4.79 Å². The standard InChI is InChI=1S/C18H19F2NO2/c1-2-23-17(22)18(19,20)16(15-11-7-4-8-12-15)21-13-14-9-5-3-6-10-14/h3-12,16,21H,2,13H2,1H3. The normalized spacial score (nSPS) is 12.7. The Morgan fingerprint density at radius 3 is 2.22 bits per heavy atom. The summed E-state index contributed by atoms with van der Waals surface area (Å²) in [4.78, 5) is 11.7. The number of alkyl halides is 2. The molecule has 2 rings (SSSR count). The van der Waals surface area contributed by atoms with Crippen molar-refractivity contribution in [2.75, 3.05) is 6.61 Å². The van der Waals surface area contributed by atoms with Crippen LogP contribution in [0.5, 0.6) is 0 Å². The van der Waals surface area contributed by atoms with Gasteiger partial charge in [-0.2, -0.15) is 8.78 Å². The second kappa shape index (κ2) is 7.83. The summed E-state index contributed by atoms with van der Waals surface area (Å²) in [5, 5.41) is 2.78. The molecule has 122 valence electrons. The summed E-state index contributed by atoms with van der Waals surface area (Å²) in [6, 6.07) is 15.9. The fourth-order valence-electron chi connectivity index (χ4n) is 2.26. The van der Waals surface area contributed by atoms with Crippen LogP contribution < -0.4 is 5.32 Å². The highest BCUT2D eigenvalue weighted by Gasteiger charge is 2.49. The number of halogens is 2. The van der Waals surface area contributed by atoms with Crippen molar-refractivity contribution in [3.8, 4) is 0 Å². The molecule has 0 saturated carbocycles. The van der Waals surface area contributed by atoms with Crippen molar-refractivity contribution in [3.63, 3.8) is 0 Å². The van der Waals surface area contributed by atoms with Crippen LogP contribution in [0.3, 0.4) is 0 Å². The highest BCUT2D eigenvalue weighted by Crippen LogP contribution is 2.33. The number of hydrogen-bond acceptors (Lipinski definition) is 3. The maximum atomic E-state index is 14.5. The molecule has 3 nitrogen and oxygen atoms in total. The van der Waals surface area contributed by atoms with Crippen LogP contribution in [0, 0.1) is 0 Å². The molecule has 0 aliphatic heterocycles. The first-order valence-corrected chi connectivity index (χ1v) is 7.43. The van der Waals surface area contributed by atoms with E-state index in [9.17, 15) is 13.6 Å². The first-order valence-electron chi connectivity index (χ1n) is 7.43. The maximum Gasteiger partial charge on any atom is 0.379 e. The molecule has 1 atom stereocenters. The van der Waals surface area contributed by atoms with Gasteiger partial charge < -0.3 is 10.1 Å². The third kappa shape index (κ3) is 4.36. The van der Waals surface area contributed by atoms with Gasteiger partial charge in [0.15, 0.2) is 0 Å². The highest BCUT2D eigenvalue weighted by atomic mass is 19.3. The van der Waals surface area contributed by atoms with Gasteiger partial charge in [-0.1, -0.05) is 60.7 Å². The monoisotopic (exact) mass is 319 g/mol. The summed E-state index contributed by atoms with van der Waals surface area (Å²) < 4.78 is 33.6. The SMILES string of the molecule is CCOC(=O)C(F)(F)C(NCc1ccccc1)c1ccccc1. The largest absolute Gasteiger partial charge is 0.462 e. The van der Waals surface area contributed by atoms with Crippen LogP contribution in [-0.2, 0) is 16.1 Å². The number of ether oxygens (including phenoxy) is 1. The second-order valence-electron chi connectivity index (χ2n) is 5.05. The molecule has 23 heavy (non-hydrogen) atoms. The Bertz CT molecular complexity index is 617. The van der Waals surface area contributed by atoms with Crippen LogP contribution in [-0.4, -0.2) is 18.5 Å². The molecule has 0 heterocycles. The van der Waals surface area contributed by atoms with Crippen LogP contribution in [0.2, 0.25) is 0 Å². The third-order valence-electron chi connectivity index (χ3n) is 3.40. The lowest BCUT2D eigenvalue weighted by molar-refractivity contribution is -0.176. The molecule has 0 amide bonds. The molecule has 0 aliphatic rings. The first kappa shape index (κ1) is 17.1. The van der Waals surface area contributed by atoms with E-state index in [1.54, 1.807) is 30.3 Å². The van der Waals surface area contributed by atoms with Gasteiger partial charge in [-0.3, -0.25) is 0 Å². The van der Waals surface area contributed by atoms with Gasteiger partial charge in [0.05, 0.1) is 6.61 Å². The van der Waals surface area contributed by atoms with E-state index in [1.807, 2.05) is 30.3 Å². The number of nitrogens with one attached hydrogen (secondary N) is 1. The number of carbonyl (C=O) groups excluding carboxylic acids is 1. The zero-order chi connectivity index (χ0) is 16.7. The molecule has 0 fully saturated rings. The van der Waals surface area contributed by atoms with Crippen molar-refractivity contribution in [2.24, 2.45) is 0 Å². The Hall–Kier alpha value is -2.27. The Labute approximate surface area is 134 Å². The molecule has 0 spiro atoms. The van der Waals surface area contributed by atoms with E-state index >= 15 is 0 Å². The number of esters is 1. The van der Waals surface area contributed by atoms with Gasteiger partial charge in [0.25, 0.3) is 0 Å². The van der Waals surface area contributed by atoms with E-state index in [0.29, 0.717) is 5.56 Å². The predicted molar refractivity (Wildman–Crippen MR) is 84.0 cm³/mol. The van der Waals surface area contributed by atoms with Gasteiger partial charge >= 0.3 is 11.9 Å². The topological polar surface area (TPSA) is 38.3 Å². The molecule has 2 aromatic rings. The molecular formula is C18H19F2NO2. The average molecular weight is 319 g/mol. The van der Waals surface area contributed by atoms with Crippen molar-refractivity contribution >= 4 is 5.97 Å². The smallest absolute Gasteiger partial charge is 0.379 e. The Balaban J connectivity index is 2.23. The summed E-state index contributed by atoms with van der Waals surface area (Å²) >= 11 is 0. The Kier molecular flexibility index (Phi) is 5.82. The van der Waals surface area contributed by atoms with Gasteiger partial charge in [0.2, 0.25) is 0 Å². The van der Waals surface area contributed by atoms with Crippen molar-refractivity contribution in [1.29, 1.82) is 0 Å². The van der Waals surface area contributed by atoms with E-state index in [0.717, 1.165) is 5.56 Å². The number of carbonyl (C=O) groups is 1. The van der Waals surface area contributed by atoms with Gasteiger partial charge in [0.1, 0.15) is 6.04 Å². The van der Waals surface area contributed by atoms with Crippen molar-refractivity contribution < 1.29 is 18.3 Å². The van der Waals surface area contributed by atoms with Gasteiger partial charge in [0, 0.05) is 6.54 Å². The summed E-state index contributed by atoms with van der Waals surface area (Å²) in [6.45, 7) is 1.63. The maximum absolute atomic E-state index is 14.5. The summed E-state index contributed by atoms with van der Waals surface area (Å²) in [7, 11) is 0. The lowest BCUT2D eigenvalue weighted by Crippen LogP contribution is -2.44. The molecule has 5 heteroatoms. The molecule has 2 aromatic carbocycles. The molecule has 1 N–H and O–H groups in total. The van der Waals surface area contributed by atoms with E-state index in [1.165, 1.54) is 6.92 Å². The summed E-state index contributed by atoms with van der Waals surface area (Å²) in [5.41, 5.74) is 1.19. The molecule has 0 aromatic heterocycles. The number of hydrogen-bond donors (Lipinski definition) is 1. The minimum Gasteiger partial charge on any atom is -0.462 e. The third-order valence-corrected chi connectivity index (χ3v) is 3.40. The summed E-state index contributed by atoms with van der Waals surface area (Å²) in [6.07, 6.45) is 0. The number of rotatable bonds is 7. The summed E-state index contributed by atoms with van der Waals surface area (Å²) in [5.74, 6) is -5.18. The highest BCUT2D eigenvalue weighted by molar-refractivity contribution is 5.79. The lowest BCUT2D eigenvalue weighted by Gasteiger charge is -2.26. The van der Waals surface area contributed by atoms with Crippen LogP contribution in [0.4, 0.5) is 8.78 Å². The number of benzene rings is 2. The molecule has 0 bridgehead atoms. The van der Waals surface area contributed by atoms with Crippen LogP contribution in [0.1, 0.15) is 24.1 Å². The van der Waals surface area contributed by atoms with Crippen molar-refractivity contribution in [3.05, 3.63) is 71.8 Å². The van der Waals surface area contributed by atoms with Crippen molar-refractivity contribution in [1.82, 2.24) is 5.32 Å². The average Bonchev–Trinajstić information content (AvgIpc) is 2.57. The predicted octanol–water partition coefficient (Wildman–Crippen LogP) is 3.72. The fourth-order valence-corrected chi connectivity index (χ4v) is 2.26. The second-order valence-corrected chi connectivity index (χ2v) is 5.05. The quantitative estimate of drug-likeness (QED) is 0.791. The van der Waals surface area contributed by atoms with E-state index in [4.69, 9.17) is 0 Å². The fraction of sp³-hybridized carbons (Fsp3) is 0.278. The molecular weight excluding hydrogens is 300 g/mol. The Morgan fingerprint density at radius 2 is 1.65 bits per heavy atom. The van der Waals surface area contributed by atoms with Crippen LogP contribution >= 0.6 is 0 Å². The van der Waals surface area contributed by atoms with Gasteiger partial charge in [-0.05, 0) is 18.1 Å². The zero-order valence-corrected chi connectivity index (χ0v) is 12.8. The Morgan fingerprint density at radius 1 is 1.09 bits per heavy atom. The molecule has 1 unspecified atom stereocenters.